The van der Waals surface area contributed by atoms with Gasteiger partial charge in [-0.15, -0.1) is 0 Å². The second-order valence-corrected chi connectivity index (χ2v) is 5.05. The number of H-pyrrole nitrogens is 1. The Morgan fingerprint density at radius 1 is 1.13 bits per heavy atom. The molecule has 2 heterocycles. The van der Waals surface area contributed by atoms with Gasteiger partial charge in [-0.2, -0.15) is 5.10 Å². The number of para-hydroxylation sites is 1. The predicted molar refractivity (Wildman–Crippen MR) is 87.3 cm³/mol. The molecule has 6 heteroatoms. The minimum absolute atomic E-state index is 0.158. The summed E-state index contributed by atoms with van der Waals surface area (Å²) in [6.45, 7) is 0. The molecule has 0 atom stereocenters. The Hall–Kier alpha value is -3.28. The summed E-state index contributed by atoms with van der Waals surface area (Å²) in [5.74, 6) is -0.361. The van der Waals surface area contributed by atoms with Crippen molar-refractivity contribution >= 4 is 28.3 Å². The number of hydrogen-bond donors (Lipinski definition) is 1. The van der Waals surface area contributed by atoms with Gasteiger partial charge in [0, 0.05) is 10.9 Å². The predicted octanol–water partition coefficient (Wildman–Crippen LogP) is 2.90. The second kappa shape index (κ2) is 5.17. The van der Waals surface area contributed by atoms with Gasteiger partial charge in [-0.3, -0.25) is 4.79 Å². The number of benzene rings is 2. The summed E-state index contributed by atoms with van der Waals surface area (Å²) in [5, 5.41) is 4.76. The molecule has 0 saturated heterocycles. The maximum atomic E-state index is 13.6. The average molecular weight is 306 g/mol. The number of hydrogen-bond acceptors (Lipinski definition) is 3. The molecule has 0 unspecified atom stereocenters. The fraction of sp³-hybridized carbons (Fsp3) is 0. The molecule has 2 aromatic heterocycles. The first-order valence-electron chi connectivity index (χ1n) is 7.01. The number of fused-ring (bicyclic) bond motifs is 2. The Labute approximate surface area is 129 Å². The molecule has 23 heavy (non-hydrogen) atoms. The molecule has 0 fully saturated rings. The molecular formula is C17H11FN4O. The van der Waals surface area contributed by atoms with Crippen molar-refractivity contribution in [1.82, 2.24) is 14.6 Å². The molecule has 0 radical (unpaired) electrons. The standard InChI is InChI=1S/C17H11FN4O/c18-13-7-3-1-5-11(13)9-20-22-10-19-15-16(23)12-6-2-4-8-14(12)21-17(15)22/h1-10H,(H,21,23). The lowest BCUT2D eigenvalue weighted by Crippen LogP contribution is -2.04. The third-order valence-corrected chi connectivity index (χ3v) is 3.62. The number of nitrogens with one attached hydrogen (secondary N) is 1. The molecule has 5 nitrogen and oxygen atoms in total. The number of imidazole rings is 1. The van der Waals surface area contributed by atoms with Gasteiger partial charge in [0.05, 0.1) is 11.7 Å². The van der Waals surface area contributed by atoms with E-state index in [-0.39, 0.29) is 11.2 Å². The van der Waals surface area contributed by atoms with Crippen LogP contribution in [0.3, 0.4) is 0 Å². The number of pyridine rings is 1. The Bertz CT molecular complexity index is 1110. The van der Waals surface area contributed by atoms with Crippen LogP contribution in [0.4, 0.5) is 4.39 Å². The highest BCUT2D eigenvalue weighted by molar-refractivity contribution is 5.89. The van der Waals surface area contributed by atoms with Gasteiger partial charge >= 0.3 is 0 Å². The van der Waals surface area contributed by atoms with Gasteiger partial charge in [-0.1, -0.05) is 30.3 Å². The van der Waals surface area contributed by atoms with Crippen molar-refractivity contribution in [2.24, 2.45) is 5.10 Å². The van der Waals surface area contributed by atoms with Gasteiger partial charge in [0.1, 0.15) is 12.1 Å². The zero-order chi connectivity index (χ0) is 15.8. The summed E-state index contributed by atoms with van der Waals surface area (Å²) in [5.41, 5.74) is 1.68. The minimum Gasteiger partial charge on any atom is -0.338 e. The Kier molecular flexibility index (Phi) is 3.01. The van der Waals surface area contributed by atoms with Crippen LogP contribution in [0.5, 0.6) is 0 Å². The van der Waals surface area contributed by atoms with Crippen LogP contribution in [0.15, 0.2) is 64.8 Å². The van der Waals surface area contributed by atoms with E-state index in [2.05, 4.69) is 15.1 Å². The zero-order valence-electron chi connectivity index (χ0n) is 11.9. The quantitative estimate of drug-likeness (QED) is 0.579. The van der Waals surface area contributed by atoms with Crippen molar-refractivity contribution in [3.63, 3.8) is 0 Å². The third kappa shape index (κ3) is 2.20. The first kappa shape index (κ1) is 13.4. The number of halogens is 1. The summed E-state index contributed by atoms with van der Waals surface area (Å²) in [6.07, 6.45) is 2.82. The maximum Gasteiger partial charge on any atom is 0.217 e. The summed E-state index contributed by atoms with van der Waals surface area (Å²) < 4.78 is 15.1. The molecule has 112 valence electrons. The van der Waals surface area contributed by atoms with Crippen LogP contribution in [-0.2, 0) is 0 Å². The van der Waals surface area contributed by atoms with Crippen molar-refractivity contribution in [3.05, 3.63) is 76.5 Å². The van der Waals surface area contributed by atoms with E-state index in [1.165, 1.54) is 23.3 Å². The zero-order valence-corrected chi connectivity index (χ0v) is 11.9. The largest absolute Gasteiger partial charge is 0.338 e. The highest BCUT2D eigenvalue weighted by Crippen LogP contribution is 2.13. The molecule has 0 amide bonds. The van der Waals surface area contributed by atoms with Gasteiger partial charge < -0.3 is 4.98 Å². The maximum absolute atomic E-state index is 13.6. The van der Waals surface area contributed by atoms with Crippen molar-refractivity contribution in [2.75, 3.05) is 0 Å². The molecule has 0 aliphatic rings. The Morgan fingerprint density at radius 3 is 2.78 bits per heavy atom. The molecule has 2 aromatic carbocycles. The van der Waals surface area contributed by atoms with Gasteiger partial charge in [0.2, 0.25) is 5.43 Å². The van der Waals surface area contributed by atoms with E-state index in [9.17, 15) is 9.18 Å². The van der Waals surface area contributed by atoms with Gasteiger partial charge in [-0.25, -0.2) is 14.1 Å². The lowest BCUT2D eigenvalue weighted by atomic mass is 10.2. The first-order valence-corrected chi connectivity index (χ1v) is 7.01. The molecule has 0 bridgehead atoms. The third-order valence-electron chi connectivity index (χ3n) is 3.62. The second-order valence-electron chi connectivity index (χ2n) is 5.05. The SMILES string of the molecule is O=c1c2ccccc2[nH]c2c1ncn2N=Cc1ccccc1F. The normalized spacial score (nSPS) is 11.7. The van der Waals surface area contributed by atoms with Crippen LogP contribution in [0.1, 0.15) is 5.56 Å². The Balaban J connectivity index is 1.89. The smallest absolute Gasteiger partial charge is 0.217 e. The van der Waals surface area contributed by atoms with Crippen LogP contribution in [0.25, 0.3) is 22.1 Å². The van der Waals surface area contributed by atoms with Crippen LogP contribution in [0.2, 0.25) is 0 Å². The van der Waals surface area contributed by atoms with E-state index in [0.717, 1.165) is 0 Å². The molecule has 4 rings (SSSR count). The van der Waals surface area contributed by atoms with E-state index < -0.39 is 0 Å². The van der Waals surface area contributed by atoms with Crippen molar-refractivity contribution in [1.29, 1.82) is 0 Å². The summed E-state index contributed by atoms with van der Waals surface area (Å²) in [6, 6.07) is 13.5. The van der Waals surface area contributed by atoms with E-state index in [0.29, 0.717) is 27.6 Å². The van der Waals surface area contributed by atoms with E-state index in [4.69, 9.17) is 0 Å². The fourth-order valence-corrected chi connectivity index (χ4v) is 2.46. The van der Waals surface area contributed by atoms with Gasteiger partial charge in [-0.05, 0) is 18.2 Å². The van der Waals surface area contributed by atoms with E-state index in [1.54, 1.807) is 30.3 Å². The van der Waals surface area contributed by atoms with E-state index in [1.807, 2.05) is 12.1 Å². The number of aromatic nitrogens is 3. The Morgan fingerprint density at radius 2 is 1.91 bits per heavy atom. The lowest BCUT2D eigenvalue weighted by Gasteiger charge is -2.00. The molecule has 4 aromatic rings. The topological polar surface area (TPSA) is 63.0 Å². The monoisotopic (exact) mass is 306 g/mol. The molecule has 0 aliphatic carbocycles. The van der Waals surface area contributed by atoms with Gasteiger partial charge in [0.15, 0.2) is 11.2 Å². The van der Waals surface area contributed by atoms with Crippen molar-refractivity contribution in [2.45, 2.75) is 0 Å². The highest BCUT2D eigenvalue weighted by Gasteiger charge is 2.09. The van der Waals surface area contributed by atoms with Crippen molar-refractivity contribution in [3.8, 4) is 0 Å². The van der Waals surface area contributed by atoms with Gasteiger partial charge in [0.25, 0.3) is 0 Å². The van der Waals surface area contributed by atoms with E-state index >= 15 is 0 Å². The molecular weight excluding hydrogens is 295 g/mol. The highest BCUT2D eigenvalue weighted by atomic mass is 19.1. The molecule has 0 aliphatic heterocycles. The van der Waals surface area contributed by atoms with Crippen LogP contribution in [-0.4, -0.2) is 20.9 Å². The number of rotatable bonds is 2. The fourth-order valence-electron chi connectivity index (χ4n) is 2.46. The molecule has 0 saturated carbocycles. The lowest BCUT2D eigenvalue weighted by molar-refractivity contribution is 0.625. The summed E-state index contributed by atoms with van der Waals surface area (Å²) in [7, 11) is 0. The average Bonchev–Trinajstić information content (AvgIpc) is 2.98. The van der Waals surface area contributed by atoms with Crippen LogP contribution in [0, 0.1) is 5.82 Å². The molecule has 1 N–H and O–H groups in total. The first-order chi connectivity index (χ1) is 11.2. The molecule has 0 spiro atoms. The number of aromatic amines is 1. The minimum atomic E-state index is -0.361. The summed E-state index contributed by atoms with van der Waals surface area (Å²) >= 11 is 0. The number of nitrogens with zero attached hydrogens (tertiary/aromatic N) is 3. The van der Waals surface area contributed by atoms with Crippen molar-refractivity contribution < 1.29 is 4.39 Å². The van der Waals surface area contributed by atoms with Crippen LogP contribution < -0.4 is 5.43 Å². The summed E-state index contributed by atoms with van der Waals surface area (Å²) in [4.78, 5) is 19.7. The van der Waals surface area contributed by atoms with Crippen LogP contribution >= 0.6 is 0 Å².